The Morgan fingerprint density at radius 1 is 1.58 bits per heavy atom. The number of nitrogen functional groups attached to an aromatic ring is 1. The maximum Gasteiger partial charge on any atom is 0.202 e. The lowest BCUT2D eigenvalue weighted by Crippen LogP contribution is -1.85. The van der Waals surface area contributed by atoms with E-state index in [0.29, 0.717) is 22.5 Å². The van der Waals surface area contributed by atoms with Crippen molar-refractivity contribution >= 4 is 16.8 Å². The average Bonchev–Trinajstić information content (AvgIpc) is 2.44. The Bertz CT molecular complexity index is 465. The van der Waals surface area contributed by atoms with Crippen LogP contribution < -0.4 is 5.73 Å². The number of aromatic nitrogens is 1. The Labute approximate surface area is 69.2 Å². The highest BCUT2D eigenvalue weighted by Crippen LogP contribution is 2.24. The number of anilines is 1. The van der Waals surface area contributed by atoms with Gasteiger partial charge in [0.15, 0.2) is 5.58 Å². The largest absolute Gasteiger partial charge is 0.444 e. The minimum atomic E-state index is 0.351. The first-order valence-electron chi connectivity index (χ1n) is 3.42. The van der Waals surface area contributed by atoms with Gasteiger partial charge in [0.2, 0.25) is 5.76 Å². The Balaban J connectivity index is 2.90. The molecule has 0 aliphatic rings. The van der Waals surface area contributed by atoms with Crippen molar-refractivity contribution in [1.82, 2.24) is 4.98 Å². The zero-order chi connectivity index (χ0) is 8.55. The average molecular weight is 158 g/mol. The second-order valence-corrected chi connectivity index (χ2v) is 2.34. The highest BCUT2D eigenvalue weighted by molar-refractivity contribution is 5.88. The molecule has 0 atom stereocenters. The van der Waals surface area contributed by atoms with E-state index in [2.05, 4.69) is 10.9 Å². The van der Waals surface area contributed by atoms with Gasteiger partial charge in [-0.15, -0.1) is 6.42 Å². The summed E-state index contributed by atoms with van der Waals surface area (Å²) in [5.41, 5.74) is 7.35. The van der Waals surface area contributed by atoms with Crippen LogP contribution in [0.4, 0.5) is 5.69 Å². The predicted octanol–water partition coefficient (Wildman–Crippen LogP) is 1.39. The van der Waals surface area contributed by atoms with E-state index in [4.69, 9.17) is 16.6 Å². The summed E-state index contributed by atoms with van der Waals surface area (Å²) >= 11 is 0. The summed E-state index contributed by atoms with van der Waals surface area (Å²) in [6.45, 7) is 0. The molecule has 0 fully saturated rings. The number of pyridine rings is 1. The monoisotopic (exact) mass is 158 g/mol. The first-order chi connectivity index (χ1) is 5.83. The molecular formula is C9H6N2O. The molecular weight excluding hydrogens is 152 g/mol. The molecule has 0 aliphatic carbocycles. The van der Waals surface area contributed by atoms with Gasteiger partial charge in [-0.05, 0) is 18.1 Å². The van der Waals surface area contributed by atoms with Crippen molar-refractivity contribution in [2.24, 2.45) is 0 Å². The fraction of sp³-hybridized carbons (Fsp3) is 0. The molecule has 0 radical (unpaired) electrons. The molecule has 0 aliphatic heterocycles. The van der Waals surface area contributed by atoms with Gasteiger partial charge in [-0.2, -0.15) is 0 Å². The van der Waals surface area contributed by atoms with Crippen molar-refractivity contribution in [3.05, 3.63) is 24.1 Å². The molecule has 12 heavy (non-hydrogen) atoms. The van der Waals surface area contributed by atoms with Gasteiger partial charge in [-0.1, -0.05) is 0 Å². The molecule has 3 heteroatoms. The van der Waals surface area contributed by atoms with Gasteiger partial charge in [-0.25, -0.2) is 0 Å². The van der Waals surface area contributed by atoms with Crippen LogP contribution in [-0.4, -0.2) is 4.98 Å². The van der Waals surface area contributed by atoms with Crippen LogP contribution in [0, 0.1) is 12.3 Å². The molecule has 58 valence electrons. The smallest absolute Gasteiger partial charge is 0.202 e. The van der Waals surface area contributed by atoms with E-state index in [1.807, 2.05) is 0 Å². The summed E-state index contributed by atoms with van der Waals surface area (Å²) in [6, 6.07) is 3.55. The molecule has 0 saturated heterocycles. The first kappa shape index (κ1) is 6.74. The van der Waals surface area contributed by atoms with Gasteiger partial charge in [0.05, 0.1) is 0 Å². The second-order valence-electron chi connectivity index (χ2n) is 2.34. The van der Waals surface area contributed by atoms with Crippen molar-refractivity contribution in [1.29, 1.82) is 0 Å². The summed E-state index contributed by atoms with van der Waals surface area (Å²) in [5, 5.41) is 0. The number of rotatable bonds is 0. The van der Waals surface area contributed by atoms with Gasteiger partial charge < -0.3 is 10.2 Å². The van der Waals surface area contributed by atoms with Gasteiger partial charge >= 0.3 is 0 Å². The number of furan rings is 1. The molecule has 0 aromatic carbocycles. The van der Waals surface area contributed by atoms with Crippen LogP contribution in [0.5, 0.6) is 0 Å². The molecule has 0 saturated carbocycles. The van der Waals surface area contributed by atoms with E-state index in [9.17, 15) is 0 Å². The van der Waals surface area contributed by atoms with E-state index in [0.717, 1.165) is 0 Å². The van der Waals surface area contributed by atoms with E-state index in [1.54, 1.807) is 18.3 Å². The fourth-order valence-corrected chi connectivity index (χ4v) is 1.05. The predicted molar refractivity (Wildman–Crippen MR) is 46.4 cm³/mol. The summed E-state index contributed by atoms with van der Waals surface area (Å²) in [7, 11) is 0. The molecule has 2 rings (SSSR count). The molecule has 2 N–H and O–H groups in total. The lowest BCUT2D eigenvalue weighted by Gasteiger charge is -1.84. The van der Waals surface area contributed by atoms with Crippen LogP contribution in [-0.2, 0) is 0 Å². The molecule has 0 bridgehead atoms. The van der Waals surface area contributed by atoms with Crippen LogP contribution >= 0.6 is 0 Å². The molecule has 2 heterocycles. The quantitative estimate of drug-likeness (QED) is 0.589. The molecule has 2 aromatic heterocycles. The molecule has 0 spiro atoms. The number of nitrogens with two attached hydrogens (primary N) is 1. The standard InChI is InChI=1S/C9H6N2O/c1-2-6-8(10)9-7(12-6)4-3-5-11-9/h1,3-5H,10H2. The van der Waals surface area contributed by atoms with Gasteiger partial charge in [-0.3, -0.25) is 4.98 Å². The van der Waals surface area contributed by atoms with Crippen molar-refractivity contribution in [2.75, 3.05) is 5.73 Å². The van der Waals surface area contributed by atoms with Crippen molar-refractivity contribution in [3.8, 4) is 12.3 Å². The van der Waals surface area contributed by atoms with Gasteiger partial charge in [0.1, 0.15) is 11.2 Å². The third-order valence-electron chi connectivity index (χ3n) is 1.61. The molecule has 2 aromatic rings. The van der Waals surface area contributed by atoms with Gasteiger partial charge in [0, 0.05) is 6.20 Å². The Hall–Kier alpha value is -1.95. The number of terminal acetylenes is 1. The lowest BCUT2D eigenvalue weighted by molar-refractivity contribution is 0.602. The van der Waals surface area contributed by atoms with Crippen molar-refractivity contribution in [2.45, 2.75) is 0 Å². The summed E-state index contributed by atoms with van der Waals surface area (Å²) in [5.74, 6) is 2.70. The SMILES string of the molecule is C#Cc1oc2cccnc2c1N. The van der Waals surface area contributed by atoms with Crippen molar-refractivity contribution in [3.63, 3.8) is 0 Å². The van der Waals surface area contributed by atoms with E-state index in [1.165, 1.54) is 0 Å². The third kappa shape index (κ3) is 0.753. The second kappa shape index (κ2) is 2.28. The van der Waals surface area contributed by atoms with Crippen LogP contribution in [0.25, 0.3) is 11.1 Å². The first-order valence-corrected chi connectivity index (χ1v) is 3.42. The number of hydrogen-bond acceptors (Lipinski definition) is 3. The summed E-state index contributed by atoms with van der Waals surface area (Å²) in [6.07, 6.45) is 6.81. The molecule has 0 amide bonds. The third-order valence-corrected chi connectivity index (χ3v) is 1.61. The van der Waals surface area contributed by atoms with E-state index in [-0.39, 0.29) is 0 Å². The molecule has 3 nitrogen and oxygen atoms in total. The lowest BCUT2D eigenvalue weighted by atomic mass is 10.3. The number of hydrogen-bond donors (Lipinski definition) is 1. The van der Waals surface area contributed by atoms with Crippen molar-refractivity contribution < 1.29 is 4.42 Å². The zero-order valence-corrected chi connectivity index (χ0v) is 6.24. The normalized spacial score (nSPS) is 9.92. The van der Waals surface area contributed by atoms with Crippen LogP contribution in [0.2, 0.25) is 0 Å². The minimum Gasteiger partial charge on any atom is -0.444 e. The fourth-order valence-electron chi connectivity index (χ4n) is 1.05. The van der Waals surface area contributed by atoms with Crippen LogP contribution in [0.1, 0.15) is 5.76 Å². The van der Waals surface area contributed by atoms with E-state index < -0.39 is 0 Å². The van der Waals surface area contributed by atoms with Crippen LogP contribution in [0.15, 0.2) is 22.7 Å². The summed E-state index contributed by atoms with van der Waals surface area (Å²) < 4.78 is 5.22. The highest BCUT2D eigenvalue weighted by atomic mass is 16.3. The van der Waals surface area contributed by atoms with Gasteiger partial charge in [0.25, 0.3) is 0 Å². The van der Waals surface area contributed by atoms with Crippen LogP contribution in [0.3, 0.4) is 0 Å². The van der Waals surface area contributed by atoms with E-state index >= 15 is 0 Å². The zero-order valence-electron chi connectivity index (χ0n) is 6.24. The molecule has 0 unspecified atom stereocenters. The summed E-state index contributed by atoms with van der Waals surface area (Å²) in [4.78, 5) is 4.04. The topological polar surface area (TPSA) is 52.0 Å². The maximum atomic E-state index is 5.65. The number of fused-ring (bicyclic) bond motifs is 1. The maximum absolute atomic E-state index is 5.65. The Morgan fingerprint density at radius 2 is 2.42 bits per heavy atom. The Kier molecular flexibility index (Phi) is 1.28. The number of nitrogens with zero attached hydrogens (tertiary/aromatic N) is 1. The highest BCUT2D eigenvalue weighted by Gasteiger charge is 2.08. The Morgan fingerprint density at radius 3 is 3.08 bits per heavy atom. The minimum absolute atomic E-state index is 0.351.